The van der Waals surface area contributed by atoms with Gasteiger partial charge in [-0.1, -0.05) is 104 Å². The van der Waals surface area contributed by atoms with Crippen molar-refractivity contribution in [1.29, 1.82) is 0 Å². The van der Waals surface area contributed by atoms with Crippen LogP contribution in [-0.4, -0.2) is 37.0 Å². The first-order valence-electron chi connectivity index (χ1n) is 10.5. The Labute approximate surface area is 305 Å². The van der Waals surface area contributed by atoms with E-state index in [4.69, 9.17) is 127 Å². The Morgan fingerprint density at radius 3 is 0.683 bits per heavy atom. The predicted octanol–water partition coefficient (Wildman–Crippen LogP) is -0.535. The summed E-state index contributed by atoms with van der Waals surface area (Å²) in [7, 11) is 7.78. The number of rotatable bonds is 4. The van der Waals surface area contributed by atoms with Gasteiger partial charge in [-0.05, 0) is 0 Å². The molecule has 0 unspecified atom stereocenters. The van der Waals surface area contributed by atoms with Gasteiger partial charge in [0.2, 0.25) is 0 Å². The minimum atomic E-state index is -5.28. The molecule has 22 heteroatoms. The zero-order valence-electron chi connectivity index (χ0n) is 21.7. The molecule has 0 bridgehead atoms. The summed E-state index contributed by atoms with van der Waals surface area (Å²) in [5.74, 6) is -5.28. The van der Waals surface area contributed by atoms with E-state index < -0.39 is 18.8 Å². The number of nitrogens with zero attached hydrogens (tertiary/aromatic N) is 8. The van der Waals surface area contributed by atoms with Crippen LogP contribution in [0.15, 0.2) is 74.9 Å². The quantitative estimate of drug-likeness (QED) is 0.151. The van der Waals surface area contributed by atoms with Crippen LogP contribution < -0.4 is 41.7 Å². The second-order valence-electron chi connectivity index (χ2n) is 8.04. The van der Waals surface area contributed by atoms with E-state index in [9.17, 15) is 0 Å². The first-order valence-corrected chi connectivity index (χ1v) is 19.2. The van der Waals surface area contributed by atoms with Crippen LogP contribution in [0, 0.1) is 0 Å². The fourth-order valence-electron chi connectivity index (χ4n) is 3.71. The van der Waals surface area contributed by atoms with Gasteiger partial charge < -0.3 is 24.8 Å². The molecule has 4 aromatic rings. The first kappa shape index (κ1) is 44.0. The maximum absolute atomic E-state index is 7.93. The summed E-state index contributed by atoms with van der Waals surface area (Å²) in [6, 6.07) is 0. The van der Waals surface area contributed by atoms with Crippen LogP contribution in [-0.2, 0) is 28.2 Å². The summed E-state index contributed by atoms with van der Waals surface area (Å²) in [4.78, 5) is 0. The largest absolute Gasteiger partial charge is 1.00 e. The zero-order chi connectivity index (χ0) is 30.2. The Morgan fingerprint density at radius 2 is 0.585 bits per heavy atom. The van der Waals surface area contributed by atoms with E-state index in [-0.39, 0.29) is 24.8 Å². The Hall–Kier alpha value is 0.827. The maximum Gasteiger partial charge on any atom is -1.00 e. The van der Waals surface area contributed by atoms with E-state index in [0.29, 0.717) is 0 Å². The Morgan fingerprint density at radius 1 is 0.439 bits per heavy atom. The fraction of sp³-hybridized carbons (Fsp3) is 0.368. The van der Waals surface area contributed by atoms with Crippen molar-refractivity contribution in [3.8, 4) is 0 Å². The molecule has 0 saturated heterocycles. The van der Waals surface area contributed by atoms with Crippen molar-refractivity contribution in [2.45, 2.75) is 12.9 Å². The summed E-state index contributed by atoms with van der Waals surface area (Å²) in [5, 5.41) is 0. The van der Waals surface area contributed by atoms with Gasteiger partial charge in [-0.15, -0.1) is 0 Å². The van der Waals surface area contributed by atoms with Gasteiger partial charge in [0, 0.05) is 0 Å². The minimum Gasteiger partial charge on any atom is -1.00 e. The van der Waals surface area contributed by atoms with Gasteiger partial charge in [-0.25, -0.2) is 0 Å². The van der Waals surface area contributed by atoms with Crippen molar-refractivity contribution >= 4 is 132 Å². The van der Waals surface area contributed by atoms with Crippen molar-refractivity contribution < 1.29 is 41.7 Å². The average molecular weight is 856 g/mol. The number of imidazole rings is 4. The summed E-state index contributed by atoms with van der Waals surface area (Å²) in [6.07, 6.45) is 23.0. The second-order valence-corrected chi connectivity index (χ2v) is 24.5. The molecule has 0 atom stereocenters. The molecule has 41 heavy (non-hydrogen) atoms. The normalized spacial score (nSPS) is 12.4. The smallest absolute Gasteiger partial charge is 1.00 e. The third kappa shape index (κ3) is 10.4. The Bertz CT molecular complexity index is 1130. The molecule has 0 saturated carbocycles. The summed E-state index contributed by atoms with van der Waals surface area (Å²) < 4.78 is 13.1. The van der Waals surface area contributed by atoms with E-state index in [1.165, 1.54) is 0 Å². The molecule has 0 aliphatic rings. The molecular formula is C19H27Cl13N8Si. The molecular weight excluding hydrogens is 829 g/mol. The van der Waals surface area contributed by atoms with Gasteiger partial charge in [-0.2, -0.15) is 0 Å². The van der Waals surface area contributed by atoms with E-state index in [1.54, 1.807) is 0 Å². The molecule has 0 N–H and O–H groups in total. The van der Waals surface area contributed by atoms with Gasteiger partial charge in [0.05, 0.1) is 0 Å². The third-order valence-electron chi connectivity index (χ3n) is 5.24. The van der Waals surface area contributed by atoms with Crippen LogP contribution >= 0.6 is 127 Å². The average Bonchev–Trinajstić information content (AvgIpc) is 3.56. The molecule has 238 valence electrons. The maximum atomic E-state index is 7.93. The number of alkyl halides is 9. The number of hydrogen-bond acceptors (Lipinski definition) is 0. The predicted molar refractivity (Wildman–Crippen MR) is 166 cm³/mol. The molecule has 0 amide bonds. The molecule has 0 spiro atoms. The van der Waals surface area contributed by atoms with Gasteiger partial charge in [0.25, 0.3) is 0 Å². The van der Waals surface area contributed by atoms with Crippen molar-refractivity contribution in [3.63, 3.8) is 0 Å². The molecule has 0 aromatic carbocycles. The van der Waals surface area contributed by atoms with Crippen molar-refractivity contribution in [3.05, 3.63) is 74.9 Å². The van der Waals surface area contributed by atoms with Crippen LogP contribution in [0.1, 0.15) is 0 Å². The van der Waals surface area contributed by atoms with Gasteiger partial charge in [-0.3, -0.25) is 0 Å². The summed E-state index contributed by atoms with van der Waals surface area (Å²) >= 11 is 59.1. The first-order chi connectivity index (χ1) is 17.8. The number of aromatic nitrogens is 8. The molecule has 4 rings (SSSR count). The number of aryl methyl sites for hydroxylation is 4. The standard InChI is InChI=1S/C16H24Cl2N8Si.3CHCl3.2ClH/c1-19-5-9-23(13-19)27(17,18,24-10-6-20(2)14-24,25-11-7-21(3)15-25)26-12-8-22(4)16-26;3*2-1(3)4;;/h5-16H,1-4H3;3*1H;2*1H/q+2;;;;;/p-2. The molecule has 4 aromatic heterocycles. The van der Waals surface area contributed by atoms with Gasteiger partial charge in [0.1, 0.15) is 0 Å². The van der Waals surface area contributed by atoms with Crippen molar-refractivity contribution in [2.75, 3.05) is 0 Å². The van der Waals surface area contributed by atoms with Crippen LogP contribution in [0.4, 0.5) is 0 Å². The van der Waals surface area contributed by atoms with Crippen molar-refractivity contribution in [2.24, 2.45) is 28.2 Å². The minimum absolute atomic E-state index is 0. The van der Waals surface area contributed by atoms with Crippen LogP contribution in [0.25, 0.3) is 0 Å². The molecule has 8 nitrogen and oxygen atoms in total. The fourth-order valence-corrected chi connectivity index (χ4v) is 10.9. The Kier molecular flexibility index (Phi) is 18.8. The van der Waals surface area contributed by atoms with Gasteiger partial charge in [0.15, 0.2) is 12.9 Å². The zero-order valence-corrected chi connectivity index (χ0v) is 32.5. The SMILES string of the molecule is ClC(Cl)Cl.ClC(Cl)Cl.ClC(Cl)Cl.Cn1cc[n+]([Si-2](Cl)(Cl)([n+]2ccn(C)c2)([n+]2ccn(C)c2)[n+]2ccn(C)c2)c1.[Cl-].[Cl-]. The molecule has 4 heterocycles. The van der Waals surface area contributed by atoms with Crippen LogP contribution in [0.2, 0.25) is 0 Å². The second kappa shape index (κ2) is 17.5. The van der Waals surface area contributed by atoms with Crippen LogP contribution in [0.3, 0.4) is 0 Å². The Balaban J connectivity index is 0. The van der Waals surface area contributed by atoms with Crippen LogP contribution in [0.5, 0.6) is 0 Å². The van der Waals surface area contributed by atoms with E-state index in [1.807, 2.05) is 138 Å². The number of hydrogen-bond donors (Lipinski definition) is 0. The number of halogens is 13. The molecule has 0 aliphatic heterocycles. The van der Waals surface area contributed by atoms with E-state index in [0.717, 1.165) is 0 Å². The van der Waals surface area contributed by atoms with Gasteiger partial charge >= 0.3 is 166 Å². The third-order valence-corrected chi connectivity index (χ3v) is 15.3. The molecule has 0 radical (unpaired) electrons. The van der Waals surface area contributed by atoms with E-state index in [2.05, 4.69) is 0 Å². The summed E-state index contributed by atoms with van der Waals surface area (Å²) in [5.41, 5.74) is 0. The topological polar surface area (TPSA) is 35.2 Å². The van der Waals surface area contributed by atoms with E-state index >= 15 is 0 Å². The molecule has 0 fully saturated rings. The monoisotopic (exact) mass is 850 g/mol. The van der Waals surface area contributed by atoms with Crippen molar-refractivity contribution in [1.82, 2.24) is 18.3 Å². The summed E-state index contributed by atoms with van der Waals surface area (Å²) in [6.45, 7) is 0. The molecule has 0 aliphatic carbocycles.